The lowest BCUT2D eigenvalue weighted by molar-refractivity contribution is -0.134. The normalized spacial score (nSPS) is 20.1. The first-order valence-corrected chi connectivity index (χ1v) is 5.38. The number of nitrogens with one attached hydrogen (secondary N) is 1. The first-order valence-electron chi connectivity index (χ1n) is 5.38. The van der Waals surface area contributed by atoms with Gasteiger partial charge in [-0.05, 0) is 12.8 Å². The minimum absolute atomic E-state index is 0.0353. The number of hydrogen-bond donors (Lipinski definition) is 2. The number of carbonyl (C=O) groups excluding carboxylic acids is 2. The predicted octanol–water partition coefficient (Wildman–Crippen LogP) is -0.504. The smallest absolute Gasteiger partial charge is 0.245 e. The second kappa shape index (κ2) is 5.70. The molecule has 0 aromatic carbocycles. The van der Waals surface area contributed by atoms with E-state index in [-0.39, 0.29) is 24.5 Å². The van der Waals surface area contributed by atoms with Gasteiger partial charge in [0.2, 0.25) is 11.8 Å². The van der Waals surface area contributed by atoms with Crippen molar-refractivity contribution < 1.29 is 14.7 Å². The fraction of sp³-hybridized carbons (Fsp3) is 0.800. The lowest BCUT2D eigenvalue weighted by Gasteiger charge is -2.24. The lowest BCUT2D eigenvalue weighted by atomic mass is 10.2. The monoisotopic (exact) mass is 214 g/mol. The van der Waals surface area contributed by atoms with Gasteiger partial charge >= 0.3 is 0 Å². The summed E-state index contributed by atoms with van der Waals surface area (Å²) >= 11 is 0. The van der Waals surface area contributed by atoms with Crippen molar-refractivity contribution in [1.82, 2.24) is 10.2 Å². The van der Waals surface area contributed by atoms with Crippen molar-refractivity contribution in [3.63, 3.8) is 0 Å². The molecule has 0 bridgehead atoms. The summed E-state index contributed by atoms with van der Waals surface area (Å²) in [4.78, 5) is 24.4. The predicted molar refractivity (Wildman–Crippen MR) is 55.1 cm³/mol. The molecule has 0 aliphatic carbocycles. The molecule has 1 unspecified atom stereocenters. The third-order valence-electron chi connectivity index (χ3n) is 2.47. The molecule has 2 amide bonds. The van der Waals surface area contributed by atoms with E-state index in [4.69, 9.17) is 5.11 Å². The van der Waals surface area contributed by atoms with Crippen LogP contribution in [0, 0.1) is 0 Å². The molecular weight excluding hydrogens is 196 g/mol. The van der Waals surface area contributed by atoms with Gasteiger partial charge in [-0.25, -0.2) is 0 Å². The van der Waals surface area contributed by atoms with E-state index < -0.39 is 0 Å². The van der Waals surface area contributed by atoms with E-state index in [2.05, 4.69) is 5.32 Å². The van der Waals surface area contributed by atoms with Gasteiger partial charge < -0.3 is 15.3 Å². The van der Waals surface area contributed by atoms with E-state index in [1.165, 1.54) is 0 Å². The molecule has 1 atom stereocenters. The standard InChI is InChI=1S/C10H18N2O3/c1-2-5-12(6-7-13)10(15)8-3-4-9(14)11-8/h8,13H,2-7H2,1H3,(H,11,14). The zero-order valence-corrected chi connectivity index (χ0v) is 9.03. The molecule has 86 valence electrons. The molecule has 0 saturated carbocycles. The number of rotatable bonds is 5. The molecule has 1 aliphatic heterocycles. The van der Waals surface area contributed by atoms with Crippen LogP contribution in [0.15, 0.2) is 0 Å². The Kier molecular flexibility index (Phi) is 4.55. The molecule has 1 heterocycles. The van der Waals surface area contributed by atoms with Gasteiger partial charge in [-0.2, -0.15) is 0 Å². The first-order chi connectivity index (χ1) is 7.19. The summed E-state index contributed by atoms with van der Waals surface area (Å²) in [5, 5.41) is 11.5. The highest BCUT2D eigenvalue weighted by Crippen LogP contribution is 2.10. The fourth-order valence-electron chi connectivity index (χ4n) is 1.74. The van der Waals surface area contributed by atoms with Crippen molar-refractivity contribution >= 4 is 11.8 Å². The summed E-state index contributed by atoms with van der Waals surface area (Å²) in [5.74, 6) is -0.134. The number of carbonyl (C=O) groups is 2. The quantitative estimate of drug-likeness (QED) is 0.648. The maximum atomic E-state index is 11.9. The van der Waals surface area contributed by atoms with Gasteiger partial charge in [0.1, 0.15) is 6.04 Å². The summed E-state index contributed by atoms with van der Waals surface area (Å²) in [6.45, 7) is 2.92. The van der Waals surface area contributed by atoms with Crippen LogP contribution in [-0.4, -0.2) is 47.6 Å². The van der Waals surface area contributed by atoms with Crippen LogP contribution in [0.2, 0.25) is 0 Å². The van der Waals surface area contributed by atoms with Gasteiger partial charge in [0.05, 0.1) is 6.61 Å². The van der Waals surface area contributed by atoms with Crippen molar-refractivity contribution in [2.45, 2.75) is 32.2 Å². The van der Waals surface area contributed by atoms with Crippen molar-refractivity contribution in [3.8, 4) is 0 Å². The van der Waals surface area contributed by atoms with E-state index in [0.717, 1.165) is 6.42 Å². The first kappa shape index (κ1) is 12.0. The van der Waals surface area contributed by atoms with Crippen molar-refractivity contribution in [3.05, 3.63) is 0 Å². The van der Waals surface area contributed by atoms with Gasteiger partial charge in [0, 0.05) is 19.5 Å². The van der Waals surface area contributed by atoms with E-state index in [1.54, 1.807) is 4.90 Å². The zero-order chi connectivity index (χ0) is 11.3. The minimum atomic E-state index is -0.379. The van der Waals surface area contributed by atoms with Gasteiger partial charge in [-0.15, -0.1) is 0 Å². The SMILES string of the molecule is CCCN(CCO)C(=O)C1CCC(=O)N1. The number of nitrogens with zero attached hydrogens (tertiary/aromatic N) is 1. The highest BCUT2D eigenvalue weighted by atomic mass is 16.3. The summed E-state index contributed by atoms with van der Waals surface area (Å²) < 4.78 is 0. The van der Waals surface area contributed by atoms with Crippen molar-refractivity contribution in [2.75, 3.05) is 19.7 Å². The number of hydrogen-bond acceptors (Lipinski definition) is 3. The largest absolute Gasteiger partial charge is 0.395 e. The van der Waals surface area contributed by atoms with E-state index in [0.29, 0.717) is 25.9 Å². The van der Waals surface area contributed by atoms with Crippen molar-refractivity contribution in [1.29, 1.82) is 0 Å². The Morgan fingerprint density at radius 1 is 1.60 bits per heavy atom. The Labute approximate surface area is 89.4 Å². The zero-order valence-electron chi connectivity index (χ0n) is 9.03. The maximum Gasteiger partial charge on any atom is 0.245 e. The van der Waals surface area contributed by atoms with Gasteiger partial charge in [-0.1, -0.05) is 6.92 Å². The van der Waals surface area contributed by atoms with E-state index >= 15 is 0 Å². The van der Waals surface area contributed by atoms with Crippen LogP contribution in [0.5, 0.6) is 0 Å². The average Bonchev–Trinajstić information content (AvgIpc) is 2.63. The third kappa shape index (κ3) is 3.20. The average molecular weight is 214 g/mol. The Hall–Kier alpha value is -1.10. The maximum absolute atomic E-state index is 11.9. The topological polar surface area (TPSA) is 69.6 Å². The molecule has 5 heteroatoms. The molecule has 2 N–H and O–H groups in total. The van der Waals surface area contributed by atoms with E-state index in [1.807, 2.05) is 6.92 Å². The molecule has 1 saturated heterocycles. The van der Waals surface area contributed by atoms with Crippen LogP contribution in [0.3, 0.4) is 0 Å². The summed E-state index contributed by atoms with van der Waals surface area (Å²) in [6, 6.07) is -0.379. The highest BCUT2D eigenvalue weighted by Gasteiger charge is 2.30. The third-order valence-corrected chi connectivity index (χ3v) is 2.47. The molecular formula is C10H18N2O3. The van der Waals surface area contributed by atoms with Gasteiger partial charge in [0.15, 0.2) is 0 Å². The molecule has 1 rings (SSSR count). The summed E-state index contributed by atoms with van der Waals surface area (Å²) in [6.07, 6.45) is 1.85. The molecule has 0 aromatic rings. The Bertz CT molecular complexity index is 237. The fourth-order valence-corrected chi connectivity index (χ4v) is 1.74. The molecule has 0 spiro atoms. The van der Waals surface area contributed by atoms with Crippen LogP contribution >= 0.6 is 0 Å². The van der Waals surface area contributed by atoms with Gasteiger partial charge in [0.25, 0.3) is 0 Å². The molecule has 0 aromatic heterocycles. The number of amides is 2. The molecule has 15 heavy (non-hydrogen) atoms. The van der Waals surface area contributed by atoms with Crippen LogP contribution in [0.1, 0.15) is 26.2 Å². The second-order valence-electron chi connectivity index (χ2n) is 3.71. The van der Waals surface area contributed by atoms with E-state index in [9.17, 15) is 9.59 Å². The highest BCUT2D eigenvalue weighted by molar-refractivity contribution is 5.90. The molecule has 1 aliphatic rings. The number of aliphatic hydroxyl groups excluding tert-OH is 1. The van der Waals surface area contributed by atoms with Gasteiger partial charge in [-0.3, -0.25) is 9.59 Å². The summed E-state index contributed by atoms with van der Waals surface area (Å²) in [7, 11) is 0. The molecule has 1 fully saturated rings. The van der Waals surface area contributed by atoms with Crippen LogP contribution < -0.4 is 5.32 Å². The lowest BCUT2D eigenvalue weighted by Crippen LogP contribution is -2.45. The van der Waals surface area contributed by atoms with Crippen LogP contribution in [-0.2, 0) is 9.59 Å². The molecule has 0 radical (unpaired) electrons. The Morgan fingerprint density at radius 2 is 2.33 bits per heavy atom. The Balaban J connectivity index is 2.51. The Morgan fingerprint density at radius 3 is 2.80 bits per heavy atom. The van der Waals surface area contributed by atoms with Crippen LogP contribution in [0.4, 0.5) is 0 Å². The minimum Gasteiger partial charge on any atom is -0.395 e. The summed E-state index contributed by atoms with van der Waals surface area (Å²) in [5.41, 5.74) is 0. The second-order valence-corrected chi connectivity index (χ2v) is 3.71. The van der Waals surface area contributed by atoms with Crippen LogP contribution in [0.25, 0.3) is 0 Å². The van der Waals surface area contributed by atoms with Crippen molar-refractivity contribution in [2.24, 2.45) is 0 Å². The number of aliphatic hydroxyl groups is 1. The molecule has 5 nitrogen and oxygen atoms in total.